The first-order chi connectivity index (χ1) is 8.70. The Labute approximate surface area is 113 Å². The molecule has 1 aliphatic heterocycles. The van der Waals surface area contributed by atoms with Gasteiger partial charge in [-0.25, -0.2) is 4.31 Å². The second-order valence-corrected chi connectivity index (χ2v) is 5.79. The van der Waals surface area contributed by atoms with Gasteiger partial charge in [0.1, 0.15) is 0 Å². The molecule has 1 heterocycles. The number of carbonyl (C=O) groups excluding carboxylic acids is 1. The Bertz CT molecular complexity index is 387. The van der Waals surface area contributed by atoms with Gasteiger partial charge in [0, 0.05) is 44.0 Å². The van der Waals surface area contributed by atoms with Crippen molar-refractivity contribution in [1.82, 2.24) is 9.21 Å². The maximum atomic E-state index is 10.7. The van der Waals surface area contributed by atoms with Crippen LogP contribution in [0.25, 0.3) is 0 Å². The summed E-state index contributed by atoms with van der Waals surface area (Å²) in [6, 6.07) is 10.7. The van der Waals surface area contributed by atoms with Crippen molar-refractivity contribution >= 4 is 24.2 Å². The summed E-state index contributed by atoms with van der Waals surface area (Å²) in [5.74, 6) is 0. The molecule has 0 saturated carbocycles. The molecular weight excluding hydrogens is 246 g/mol. The van der Waals surface area contributed by atoms with Crippen LogP contribution in [0.4, 0.5) is 5.69 Å². The van der Waals surface area contributed by atoms with Crippen LogP contribution < -0.4 is 4.31 Å². The van der Waals surface area contributed by atoms with E-state index in [0.29, 0.717) is 6.04 Å². The standard InChI is InChI=1S/C13H19N3OS/c1-14(12-6-4-3-5-7-12)18-15(2)13-8-9-16(10-13)11-17/h3-7,11,13H,8-10H2,1-2H3. The molecule has 1 unspecified atom stereocenters. The highest BCUT2D eigenvalue weighted by Crippen LogP contribution is 2.26. The van der Waals surface area contributed by atoms with Gasteiger partial charge < -0.3 is 9.21 Å². The van der Waals surface area contributed by atoms with Crippen LogP contribution in [0.5, 0.6) is 0 Å². The van der Waals surface area contributed by atoms with Gasteiger partial charge >= 0.3 is 0 Å². The van der Waals surface area contributed by atoms with E-state index in [1.807, 2.05) is 23.1 Å². The van der Waals surface area contributed by atoms with Crippen LogP contribution >= 0.6 is 12.1 Å². The summed E-state index contributed by atoms with van der Waals surface area (Å²) in [6.45, 7) is 1.70. The molecule has 4 nitrogen and oxygen atoms in total. The van der Waals surface area contributed by atoms with Gasteiger partial charge in [-0.15, -0.1) is 0 Å². The minimum Gasteiger partial charge on any atom is -0.344 e. The predicted molar refractivity (Wildman–Crippen MR) is 76.2 cm³/mol. The third kappa shape index (κ3) is 3.17. The second kappa shape index (κ2) is 6.11. The zero-order chi connectivity index (χ0) is 13.0. The van der Waals surface area contributed by atoms with Crippen molar-refractivity contribution in [3.05, 3.63) is 30.3 Å². The fraction of sp³-hybridized carbons (Fsp3) is 0.462. The number of benzene rings is 1. The molecule has 1 fully saturated rings. The Balaban J connectivity index is 1.88. The van der Waals surface area contributed by atoms with Gasteiger partial charge in [0.15, 0.2) is 0 Å². The van der Waals surface area contributed by atoms with E-state index in [0.717, 1.165) is 25.9 Å². The zero-order valence-corrected chi connectivity index (χ0v) is 11.6. The monoisotopic (exact) mass is 265 g/mol. The predicted octanol–water partition coefficient (Wildman–Crippen LogP) is 1.85. The summed E-state index contributed by atoms with van der Waals surface area (Å²) in [6.07, 6.45) is 1.99. The Morgan fingerprint density at radius 2 is 2.06 bits per heavy atom. The van der Waals surface area contributed by atoms with Gasteiger partial charge in [-0.2, -0.15) is 0 Å². The van der Waals surface area contributed by atoms with Crippen LogP contribution in [0.3, 0.4) is 0 Å². The SMILES string of the molecule is CN(SN(C)C1CCN(C=O)C1)c1ccccc1. The van der Waals surface area contributed by atoms with E-state index in [-0.39, 0.29) is 0 Å². The number of amides is 1. The van der Waals surface area contributed by atoms with Gasteiger partial charge in [-0.3, -0.25) is 4.79 Å². The lowest BCUT2D eigenvalue weighted by Crippen LogP contribution is -2.32. The van der Waals surface area contributed by atoms with E-state index in [9.17, 15) is 4.79 Å². The average molecular weight is 265 g/mol. The normalized spacial score (nSPS) is 19.3. The van der Waals surface area contributed by atoms with Crippen LogP contribution in [0.2, 0.25) is 0 Å². The number of carbonyl (C=O) groups is 1. The van der Waals surface area contributed by atoms with Crippen molar-refractivity contribution < 1.29 is 4.79 Å². The minimum atomic E-state index is 0.436. The molecule has 0 N–H and O–H groups in total. The van der Waals surface area contributed by atoms with Crippen molar-refractivity contribution in [1.29, 1.82) is 0 Å². The summed E-state index contributed by atoms with van der Waals surface area (Å²) in [5.41, 5.74) is 1.18. The van der Waals surface area contributed by atoms with Gasteiger partial charge in [-0.1, -0.05) is 18.2 Å². The first kappa shape index (κ1) is 13.2. The molecule has 0 spiro atoms. The van der Waals surface area contributed by atoms with Crippen LogP contribution in [0.1, 0.15) is 6.42 Å². The zero-order valence-electron chi connectivity index (χ0n) is 10.8. The third-order valence-electron chi connectivity index (χ3n) is 3.23. The molecule has 1 aromatic rings. The maximum Gasteiger partial charge on any atom is 0.209 e. The Morgan fingerprint density at radius 3 is 2.67 bits per heavy atom. The van der Waals surface area contributed by atoms with Crippen LogP contribution in [-0.2, 0) is 4.79 Å². The lowest BCUT2D eigenvalue weighted by Gasteiger charge is -2.28. The first-order valence-corrected chi connectivity index (χ1v) is 6.83. The van der Waals surface area contributed by atoms with E-state index >= 15 is 0 Å². The number of rotatable bonds is 5. The van der Waals surface area contributed by atoms with Gasteiger partial charge in [-0.05, 0) is 25.6 Å². The van der Waals surface area contributed by atoms with Crippen molar-refractivity contribution in [3.63, 3.8) is 0 Å². The molecule has 1 saturated heterocycles. The van der Waals surface area contributed by atoms with E-state index in [2.05, 4.69) is 34.8 Å². The van der Waals surface area contributed by atoms with Crippen molar-refractivity contribution in [2.24, 2.45) is 0 Å². The first-order valence-electron chi connectivity index (χ1n) is 6.09. The highest BCUT2D eigenvalue weighted by Gasteiger charge is 2.26. The molecule has 0 aliphatic carbocycles. The number of anilines is 1. The van der Waals surface area contributed by atoms with Crippen molar-refractivity contribution in [2.75, 3.05) is 31.5 Å². The quantitative estimate of drug-likeness (QED) is 0.600. The van der Waals surface area contributed by atoms with Crippen LogP contribution in [0.15, 0.2) is 30.3 Å². The van der Waals surface area contributed by atoms with Gasteiger partial charge in [0.05, 0.1) is 0 Å². The van der Waals surface area contributed by atoms with E-state index < -0.39 is 0 Å². The summed E-state index contributed by atoms with van der Waals surface area (Å²) in [7, 11) is 4.14. The second-order valence-electron chi connectivity index (χ2n) is 4.50. The number of likely N-dealkylation sites (N-methyl/N-ethyl adjacent to an activating group) is 1. The maximum absolute atomic E-state index is 10.7. The number of likely N-dealkylation sites (tertiary alicyclic amines) is 1. The van der Waals surface area contributed by atoms with Crippen LogP contribution in [0, 0.1) is 0 Å². The van der Waals surface area contributed by atoms with E-state index in [1.165, 1.54) is 5.69 Å². The fourth-order valence-corrected chi connectivity index (χ4v) is 3.01. The molecule has 0 bridgehead atoms. The molecule has 0 radical (unpaired) electrons. The largest absolute Gasteiger partial charge is 0.344 e. The van der Waals surface area contributed by atoms with Crippen LogP contribution in [-0.4, -0.2) is 48.8 Å². The Kier molecular flexibility index (Phi) is 4.49. The summed E-state index contributed by atoms with van der Waals surface area (Å²) in [5, 5.41) is 0. The highest BCUT2D eigenvalue weighted by molar-refractivity contribution is 7.98. The molecule has 98 valence electrons. The average Bonchev–Trinajstić information content (AvgIpc) is 2.88. The topological polar surface area (TPSA) is 26.8 Å². The molecule has 1 aromatic carbocycles. The van der Waals surface area contributed by atoms with E-state index in [1.54, 1.807) is 12.1 Å². The van der Waals surface area contributed by atoms with Gasteiger partial charge in [0.25, 0.3) is 0 Å². The molecule has 1 atom stereocenters. The lowest BCUT2D eigenvalue weighted by molar-refractivity contribution is -0.117. The molecular formula is C13H19N3OS. The summed E-state index contributed by atoms with van der Waals surface area (Å²) < 4.78 is 4.38. The van der Waals surface area contributed by atoms with Crippen molar-refractivity contribution in [3.8, 4) is 0 Å². The molecule has 1 amide bonds. The smallest absolute Gasteiger partial charge is 0.209 e. The van der Waals surface area contributed by atoms with Crippen molar-refractivity contribution in [2.45, 2.75) is 12.5 Å². The number of hydrogen-bond donors (Lipinski definition) is 0. The van der Waals surface area contributed by atoms with Gasteiger partial charge in [0.2, 0.25) is 6.41 Å². The summed E-state index contributed by atoms with van der Waals surface area (Å²) in [4.78, 5) is 12.5. The van der Waals surface area contributed by atoms with E-state index in [4.69, 9.17) is 0 Å². The number of hydrogen-bond acceptors (Lipinski definition) is 4. The highest BCUT2D eigenvalue weighted by atomic mass is 32.2. The summed E-state index contributed by atoms with van der Waals surface area (Å²) >= 11 is 1.69. The Hall–Kier alpha value is -1.20. The molecule has 1 aliphatic rings. The fourth-order valence-electron chi connectivity index (χ4n) is 2.11. The lowest BCUT2D eigenvalue weighted by atomic mass is 10.3. The Morgan fingerprint density at radius 1 is 1.33 bits per heavy atom. The number of para-hydroxylation sites is 1. The molecule has 5 heteroatoms. The third-order valence-corrected chi connectivity index (χ3v) is 4.24. The molecule has 0 aromatic heterocycles. The minimum absolute atomic E-state index is 0.436. The number of nitrogens with zero attached hydrogens (tertiary/aromatic N) is 3. The molecule has 2 rings (SSSR count). The molecule has 18 heavy (non-hydrogen) atoms.